The van der Waals surface area contributed by atoms with Gasteiger partial charge in [-0.15, -0.1) is 0 Å². The molecule has 0 spiro atoms. The van der Waals surface area contributed by atoms with Gasteiger partial charge in [-0.05, 0) is 27.7 Å². The topological polar surface area (TPSA) is 55.4 Å². The number of ether oxygens (including phenoxy) is 1. The van der Waals surface area contributed by atoms with E-state index < -0.39 is 12.0 Å². The van der Waals surface area contributed by atoms with E-state index in [0.29, 0.717) is 5.57 Å². The molecule has 0 saturated carbocycles. The third kappa shape index (κ3) is 4.64. The molecular weight excluding hydrogens is 182 g/mol. The molecule has 0 aliphatic heterocycles. The second-order valence-corrected chi connectivity index (χ2v) is 3.46. The molecule has 0 bridgehead atoms. The zero-order valence-corrected chi connectivity index (χ0v) is 9.09. The second-order valence-electron chi connectivity index (χ2n) is 3.46. The summed E-state index contributed by atoms with van der Waals surface area (Å²) in [6.07, 6.45) is -0.174. The lowest BCUT2D eigenvalue weighted by Crippen LogP contribution is -2.40. The van der Waals surface area contributed by atoms with Crippen LogP contribution in [0.3, 0.4) is 0 Å². The monoisotopic (exact) mass is 199 g/mol. The average Bonchev–Trinajstić information content (AvgIpc) is 2.02. The molecular formula is C10H17NO3. The highest BCUT2D eigenvalue weighted by Crippen LogP contribution is 1.95. The molecule has 0 saturated heterocycles. The molecule has 0 rings (SSSR count). The van der Waals surface area contributed by atoms with Crippen LogP contribution in [0.15, 0.2) is 12.2 Å². The van der Waals surface area contributed by atoms with Gasteiger partial charge < -0.3 is 10.1 Å². The molecule has 0 aromatic heterocycles. The Labute approximate surface area is 84.3 Å². The minimum atomic E-state index is -0.637. The predicted octanol–water partition coefficient (Wildman–Crippen LogP) is 1.02. The molecule has 14 heavy (non-hydrogen) atoms. The number of esters is 1. The van der Waals surface area contributed by atoms with Crippen molar-refractivity contribution in [2.45, 2.75) is 39.8 Å². The maximum atomic E-state index is 11.2. The molecule has 0 aromatic carbocycles. The Hall–Kier alpha value is -1.32. The summed E-state index contributed by atoms with van der Waals surface area (Å²) < 4.78 is 4.91. The second kappa shape index (κ2) is 5.42. The van der Waals surface area contributed by atoms with Crippen LogP contribution in [0.5, 0.6) is 0 Å². The van der Waals surface area contributed by atoms with E-state index in [9.17, 15) is 9.59 Å². The molecule has 4 heteroatoms. The number of carbonyl (C=O) groups excluding carboxylic acids is 2. The first-order valence-corrected chi connectivity index (χ1v) is 4.51. The lowest BCUT2D eigenvalue weighted by atomic mass is 10.3. The van der Waals surface area contributed by atoms with Gasteiger partial charge in [0.2, 0.25) is 5.91 Å². The molecule has 1 atom stereocenters. The van der Waals surface area contributed by atoms with Gasteiger partial charge in [0.1, 0.15) is 6.04 Å². The van der Waals surface area contributed by atoms with Crippen molar-refractivity contribution in [3.05, 3.63) is 12.2 Å². The van der Waals surface area contributed by atoms with Crippen molar-refractivity contribution in [1.29, 1.82) is 0 Å². The van der Waals surface area contributed by atoms with Gasteiger partial charge in [0, 0.05) is 5.57 Å². The quantitative estimate of drug-likeness (QED) is 0.543. The summed E-state index contributed by atoms with van der Waals surface area (Å²) in [7, 11) is 0. The van der Waals surface area contributed by atoms with E-state index >= 15 is 0 Å². The zero-order chi connectivity index (χ0) is 11.3. The standard InChI is InChI=1S/C10H17NO3/c1-6(2)9(12)11-8(5)10(13)14-7(3)4/h7-8H,1H2,2-5H3,(H,11,12). The third-order valence-electron chi connectivity index (χ3n) is 1.44. The Kier molecular flexibility index (Phi) is 4.91. The van der Waals surface area contributed by atoms with Gasteiger partial charge in [0.05, 0.1) is 6.10 Å². The van der Waals surface area contributed by atoms with Crippen LogP contribution in [0.25, 0.3) is 0 Å². The SMILES string of the molecule is C=C(C)C(=O)NC(C)C(=O)OC(C)C. The van der Waals surface area contributed by atoms with E-state index in [1.54, 1.807) is 27.7 Å². The smallest absolute Gasteiger partial charge is 0.328 e. The van der Waals surface area contributed by atoms with Crippen molar-refractivity contribution >= 4 is 11.9 Å². The van der Waals surface area contributed by atoms with Gasteiger partial charge in [0.25, 0.3) is 0 Å². The molecule has 0 radical (unpaired) electrons. The molecule has 0 fully saturated rings. The molecule has 1 N–H and O–H groups in total. The number of carbonyl (C=O) groups is 2. The van der Waals surface area contributed by atoms with E-state index in [0.717, 1.165) is 0 Å². The average molecular weight is 199 g/mol. The number of hydrogen-bond donors (Lipinski definition) is 1. The number of nitrogens with one attached hydrogen (secondary N) is 1. The van der Waals surface area contributed by atoms with Crippen LogP contribution in [-0.2, 0) is 14.3 Å². The maximum absolute atomic E-state index is 11.2. The van der Waals surface area contributed by atoms with Crippen LogP contribution in [-0.4, -0.2) is 24.0 Å². The van der Waals surface area contributed by atoms with Crippen LogP contribution >= 0.6 is 0 Å². The minimum absolute atomic E-state index is 0.174. The van der Waals surface area contributed by atoms with E-state index in [1.165, 1.54) is 0 Å². The summed E-state index contributed by atoms with van der Waals surface area (Å²) >= 11 is 0. The highest BCUT2D eigenvalue weighted by molar-refractivity contribution is 5.94. The molecule has 80 valence electrons. The van der Waals surface area contributed by atoms with Gasteiger partial charge in [-0.3, -0.25) is 4.79 Å². The van der Waals surface area contributed by atoms with Gasteiger partial charge in [-0.1, -0.05) is 6.58 Å². The summed E-state index contributed by atoms with van der Waals surface area (Å²) in [4.78, 5) is 22.4. The van der Waals surface area contributed by atoms with Crippen molar-refractivity contribution < 1.29 is 14.3 Å². The largest absolute Gasteiger partial charge is 0.461 e. The van der Waals surface area contributed by atoms with E-state index in [4.69, 9.17) is 4.74 Å². The van der Waals surface area contributed by atoms with Crippen molar-refractivity contribution in [2.24, 2.45) is 0 Å². The van der Waals surface area contributed by atoms with Crippen molar-refractivity contribution in [3.8, 4) is 0 Å². The van der Waals surface area contributed by atoms with Crippen LogP contribution < -0.4 is 5.32 Å². The number of amides is 1. The molecule has 4 nitrogen and oxygen atoms in total. The third-order valence-corrected chi connectivity index (χ3v) is 1.44. The summed E-state index contributed by atoms with van der Waals surface area (Å²) in [6, 6.07) is -0.637. The van der Waals surface area contributed by atoms with Crippen LogP contribution in [0, 0.1) is 0 Å². The minimum Gasteiger partial charge on any atom is -0.461 e. The molecule has 0 aliphatic rings. The van der Waals surface area contributed by atoms with Gasteiger partial charge in [-0.25, -0.2) is 4.79 Å². The Bertz CT molecular complexity index is 246. The van der Waals surface area contributed by atoms with Crippen LogP contribution in [0.4, 0.5) is 0 Å². The maximum Gasteiger partial charge on any atom is 0.328 e. The molecule has 0 aliphatic carbocycles. The Balaban J connectivity index is 4.08. The first-order chi connectivity index (χ1) is 6.34. The fourth-order valence-corrected chi connectivity index (χ4v) is 0.713. The lowest BCUT2D eigenvalue weighted by Gasteiger charge is -2.15. The van der Waals surface area contributed by atoms with Crippen molar-refractivity contribution in [2.75, 3.05) is 0 Å². The van der Waals surface area contributed by atoms with Gasteiger partial charge >= 0.3 is 5.97 Å². The lowest BCUT2D eigenvalue weighted by molar-refractivity contribution is -0.150. The fraction of sp³-hybridized carbons (Fsp3) is 0.600. The summed E-state index contributed by atoms with van der Waals surface area (Å²) in [5.74, 6) is -0.771. The van der Waals surface area contributed by atoms with Gasteiger partial charge in [-0.2, -0.15) is 0 Å². The molecule has 1 unspecified atom stereocenters. The normalized spacial score (nSPS) is 12.1. The first kappa shape index (κ1) is 12.7. The van der Waals surface area contributed by atoms with Crippen molar-refractivity contribution in [1.82, 2.24) is 5.32 Å². The summed E-state index contributed by atoms with van der Waals surface area (Å²) in [6.45, 7) is 10.1. The van der Waals surface area contributed by atoms with E-state index in [2.05, 4.69) is 11.9 Å². The van der Waals surface area contributed by atoms with Gasteiger partial charge in [0.15, 0.2) is 0 Å². The van der Waals surface area contributed by atoms with E-state index in [1.807, 2.05) is 0 Å². The first-order valence-electron chi connectivity index (χ1n) is 4.51. The van der Waals surface area contributed by atoms with Crippen LogP contribution in [0.1, 0.15) is 27.7 Å². The summed E-state index contributed by atoms with van der Waals surface area (Å²) in [5, 5.41) is 2.47. The summed E-state index contributed by atoms with van der Waals surface area (Å²) in [5.41, 5.74) is 0.370. The number of rotatable bonds is 4. The van der Waals surface area contributed by atoms with Crippen LogP contribution in [0.2, 0.25) is 0 Å². The molecule has 0 heterocycles. The Morgan fingerprint density at radius 2 is 1.79 bits per heavy atom. The predicted molar refractivity (Wildman–Crippen MR) is 53.6 cm³/mol. The van der Waals surface area contributed by atoms with Crippen molar-refractivity contribution in [3.63, 3.8) is 0 Å². The molecule has 1 amide bonds. The fourth-order valence-electron chi connectivity index (χ4n) is 0.713. The highest BCUT2D eigenvalue weighted by Gasteiger charge is 2.17. The van der Waals surface area contributed by atoms with E-state index in [-0.39, 0.29) is 12.0 Å². The highest BCUT2D eigenvalue weighted by atomic mass is 16.5. The Morgan fingerprint density at radius 3 is 2.14 bits per heavy atom. The number of hydrogen-bond acceptors (Lipinski definition) is 3. The zero-order valence-electron chi connectivity index (χ0n) is 9.09. The molecule has 0 aromatic rings. The Morgan fingerprint density at radius 1 is 1.29 bits per heavy atom.